The van der Waals surface area contributed by atoms with Crippen molar-refractivity contribution in [1.29, 1.82) is 15.8 Å². The molecule has 0 aliphatic rings. The Morgan fingerprint density at radius 1 is 1.24 bits per heavy atom. The normalized spacial score (nSPS) is 9.20. The molecule has 8 nitrogen and oxygen atoms in total. The molecule has 122 valence electrons. The van der Waals surface area contributed by atoms with Crippen molar-refractivity contribution in [3.63, 3.8) is 0 Å². The Labute approximate surface area is 143 Å². The zero-order chi connectivity index (χ0) is 18.2. The summed E-state index contributed by atoms with van der Waals surface area (Å²) in [6.45, 7) is 1.89. The van der Waals surface area contributed by atoms with Crippen LogP contribution in [0.2, 0.25) is 0 Å². The van der Waals surface area contributed by atoms with Gasteiger partial charge in [0.15, 0.2) is 11.3 Å². The number of carbonyl (C=O) groups is 1. The maximum atomic E-state index is 11.7. The van der Waals surface area contributed by atoms with E-state index in [1.165, 1.54) is 6.26 Å². The molecule has 0 unspecified atom stereocenters. The zero-order valence-electron chi connectivity index (χ0n) is 13.1. The van der Waals surface area contributed by atoms with Crippen molar-refractivity contribution in [1.82, 2.24) is 4.98 Å². The van der Waals surface area contributed by atoms with Crippen LogP contribution in [0.3, 0.4) is 0 Å². The van der Waals surface area contributed by atoms with Crippen LogP contribution in [-0.4, -0.2) is 17.6 Å². The van der Waals surface area contributed by atoms with E-state index in [-0.39, 0.29) is 29.5 Å². The van der Waals surface area contributed by atoms with Gasteiger partial charge in [-0.3, -0.25) is 0 Å². The van der Waals surface area contributed by atoms with Crippen LogP contribution in [0.15, 0.2) is 46.2 Å². The molecule has 0 aliphatic carbocycles. The number of nitriles is 3. The molecule has 0 bridgehead atoms. The topological polar surface area (TPSA) is 136 Å². The first-order valence-electron chi connectivity index (χ1n) is 7.08. The van der Waals surface area contributed by atoms with Gasteiger partial charge in [0.2, 0.25) is 5.89 Å². The number of esters is 1. The highest BCUT2D eigenvalue weighted by Crippen LogP contribution is 2.28. The van der Waals surface area contributed by atoms with Crippen molar-refractivity contribution in [2.45, 2.75) is 6.92 Å². The summed E-state index contributed by atoms with van der Waals surface area (Å²) < 4.78 is 10.2. The van der Waals surface area contributed by atoms with E-state index in [0.717, 1.165) is 0 Å². The number of nitrogens with one attached hydrogen (secondary N) is 1. The fourth-order valence-corrected chi connectivity index (χ4v) is 1.89. The smallest absolute Gasteiger partial charge is 0.360 e. The van der Waals surface area contributed by atoms with Gasteiger partial charge in [0.25, 0.3) is 0 Å². The van der Waals surface area contributed by atoms with Crippen molar-refractivity contribution in [3.8, 4) is 29.7 Å². The number of ether oxygens (including phenoxy) is 1. The number of anilines is 1. The minimum Gasteiger partial charge on any atom is -0.461 e. The quantitative estimate of drug-likeness (QED) is 0.651. The van der Waals surface area contributed by atoms with E-state index in [0.29, 0.717) is 11.3 Å². The second-order valence-electron chi connectivity index (χ2n) is 4.51. The standard InChI is InChI=1S/C17H11N5O3/c1-2-24-17(23)15-10-25-16(22-15)12-5-3-4-6-13(12)21-14(9-20)11(7-18)8-19/h3-6,10,21H,2H2,1H3. The zero-order valence-corrected chi connectivity index (χ0v) is 13.1. The Morgan fingerprint density at radius 3 is 2.60 bits per heavy atom. The maximum Gasteiger partial charge on any atom is 0.360 e. The third-order valence-corrected chi connectivity index (χ3v) is 2.99. The lowest BCUT2D eigenvalue weighted by Gasteiger charge is -2.08. The Kier molecular flexibility index (Phi) is 5.50. The van der Waals surface area contributed by atoms with Crippen molar-refractivity contribution < 1.29 is 13.9 Å². The van der Waals surface area contributed by atoms with Gasteiger partial charge in [0.05, 0.1) is 17.9 Å². The van der Waals surface area contributed by atoms with Crippen LogP contribution < -0.4 is 5.32 Å². The minimum atomic E-state index is -0.614. The molecular formula is C17H11N5O3. The minimum absolute atomic E-state index is 0.0115. The van der Waals surface area contributed by atoms with Gasteiger partial charge in [0.1, 0.15) is 30.2 Å². The van der Waals surface area contributed by atoms with Gasteiger partial charge in [-0.1, -0.05) is 12.1 Å². The number of oxazole rings is 1. The Hall–Kier alpha value is -4.09. The van der Waals surface area contributed by atoms with E-state index in [1.54, 1.807) is 49.4 Å². The highest BCUT2D eigenvalue weighted by atomic mass is 16.5. The molecule has 0 atom stereocenters. The molecule has 1 N–H and O–H groups in total. The second kappa shape index (κ2) is 7.96. The summed E-state index contributed by atoms with van der Waals surface area (Å²) in [5.41, 5.74) is 0.296. The molecule has 0 saturated heterocycles. The van der Waals surface area contributed by atoms with E-state index in [9.17, 15) is 4.79 Å². The maximum absolute atomic E-state index is 11.7. The predicted molar refractivity (Wildman–Crippen MR) is 85.4 cm³/mol. The van der Waals surface area contributed by atoms with E-state index < -0.39 is 5.97 Å². The number of hydrogen-bond acceptors (Lipinski definition) is 8. The lowest BCUT2D eigenvalue weighted by Crippen LogP contribution is -2.05. The van der Waals surface area contributed by atoms with Crippen LogP contribution >= 0.6 is 0 Å². The molecule has 0 saturated carbocycles. The van der Waals surface area contributed by atoms with Crippen molar-refractivity contribution in [3.05, 3.63) is 47.5 Å². The molecule has 0 radical (unpaired) electrons. The first-order valence-corrected chi connectivity index (χ1v) is 7.08. The number of aromatic nitrogens is 1. The fourth-order valence-electron chi connectivity index (χ4n) is 1.89. The average Bonchev–Trinajstić information content (AvgIpc) is 3.12. The van der Waals surface area contributed by atoms with E-state index in [2.05, 4.69) is 10.3 Å². The third-order valence-electron chi connectivity index (χ3n) is 2.99. The highest BCUT2D eigenvalue weighted by molar-refractivity contribution is 5.88. The van der Waals surface area contributed by atoms with Gasteiger partial charge in [0, 0.05) is 0 Å². The molecule has 1 aromatic heterocycles. The molecule has 8 heteroatoms. The fraction of sp³-hybridized carbons (Fsp3) is 0.118. The molecule has 1 heterocycles. The van der Waals surface area contributed by atoms with Gasteiger partial charge in [-0.25, -0.2) is 9.78 Å². The Bertz CT molecular complexity index is 938. The number of benzene rings is 1. The number of para-hydroxylation sites is 1. The number of rotatable bonds is 5. The van der Waals surface area contributed by atoms with Crippen LogP contribution in [0.25, 0.3) is 11.5 Å². The molecule has 0 fully saturated rings. The summed E-state index contributed by atoms with van der Waals surface area (Å²) in [4.78, 5) is 15.8. The van der Waals surface area contributed by atoms with Crippen molar-refractivity contribution in [2.75, 3.05) is 11.9 Å². The molecular weight excluding hydrogens is 322 g/mol. The molecule has 2 aromatic rings. The predicted octanol–water partition coefficient (Wildman–Crippen LogP) is 2.76. The molecule has 0 spiro atoms. The van der Waals surface area contributed by atoms with Gasteiger partial charge >= 0.3 is 5.97 Å². The average molecular weight is 333 g/mol. The summed E-state index contributed by atoms with van der Waals surface area (Å²) in [5, 5.41) is 29.7. The third kappa shape index (κ3) is 3.82. The van der Waals surface area contributed by atoms with E-state index in [4.69, 9.17) is 24.9 Å². The SMILES string of the molecule is CCOC(=O)c1coc(-c2ccccc2NC(C#N)=C(C#N)C#N)n1. The van der Waals surface area contributed by atoms with Gasteiger partial charge in [-0.2, -0.15) is 15.8 Å². The summed E-state index contributed by atoms with van der Waals surface area (Å²) in [6.07, 6.45) is 1.17. The first-order chi connectivity index (χ1) is 12.1. The lowest BCUT2D eigenvalue weighted by molar-refractivity contribution is 0.0519. The van der Waals surface area contributed by atoms with Crippen LogP contribution in [-0.2, 0) is 4.74 Å². The van der Waals surface area contributed by atoms with E-state index >= 15 is 0 Å². The molecule has 1 aromatic carbocycles. The van der Waals surface area contributed by atoms with Crippen molar-refractivity contribution >= 4 is 11.7 Å². The number of nitrogens with zero attached hydrogens (tertiary/aromatic N) is 4. The Balaban J connectivity index is 2.42. The van der Waals surface area contributed by atoms with E-state index in [1.807, 2.05) is 0 Å². The van der Waals surface area contributed by atoms with Crippen LogP contribution in [0, 0.1) is 34.0 Å². The number of hydrogen-bond donors (Lipinski definition) is 1. The van der Waals surface area contributed by atoms with Crippen molar-refractivity contribution in [2.24, 2.45) is 0 Å². The van der Waals surface area contributed by atoms with Crippen LogP contribution in [0.1, 0.15) is 17.4 Å². The largest absolute Gasteiger partial charge is 0.461 e. The van der Waals surface area contributed by atoms with Gasteiger partial charge < -0.3 is 14.5 Å². The highest BCUT2D eigenvalue weighted by Gasteiger charge is 2.17. The van der Waals surface area contributed by atoms with Gasteiger partial charge in [-0.15, -0.1) is 0 Å². The van der Waals surface area contributed by atoms with Crippen LogP contribution in [0.4, 0.5) is 5.69 Å². The molecule has 0 amide bonds. The summed E-state index contributed by atoms with van der Waals surface area (Å²) >= 11 is 0. The summed E-state index contributed by atoms with van der Waals surface area (Å²) in [7, 11) is 0. The Morgan fingerprint density at radius 2 is 1.96 bits per heavy atom. The second-order valence-corrected chi connectivity index (χ2v) is 4.51. The van der Waals surface area contributed by atoms with Crippen LogP contribution in [0.5, 0.6) is 0 Å². The lowest BCUT2D eigenvalue weighted by atomic mass is 10.1. The monoisotopic (exact) mass is 333 g/mol. The summed E-state index contributed by atoms with van der Waals surface area (Å²) in [6, 6.07) is 11.7. The molecule has 2 rings (SSSR count). The molecule has 0 aliphatic heterocycles. The van der Waals surface area contributed by atoms with Gasteiger partial charge in [-0.05, 0) is 19.1 Å². The first kappa shape index (κ1) is 17.3. The summed E-state index contributed by atoms with van der Waals surface area (Å²) in [5.74, 6) is -0.490. The number of carbonyl (C=O) groups excluding carboxylic acids is 1. The number of allylic oxidation sites excluding steroid dienone is 2. The molecule has 25 heavy (non-hydrogen) atoms.